The lowest BCUT2D eigenvalue weighted by atomic mass is 10.00. The van der Waals surface area contributed by atoms with Crippen LogP contribution in [0.4, 0.5) is 4.39 Å². The Morgan fingerprint density at radius 2 is 1.79 bits per heavy atom. The van der Waals surface area contributed by atoms with Gasteiger partial charge in [0, 0.05) is 80.3 Å². The Balaban J connectivity index is 1.40. The van der Waals surface area contributed by atoms with Crippen LogP contribution < -0.4 is 4.74 Å². The summed E-state index contributed by atoms with van der Waals surface area (Å²) >= 11 is 0. The van der Waals surface area contributed by atoms with Crippen LogP contribution in [0.3, 0.4) is 0 Å². The fourth-order valence-corrected chi connectivity index (χ4v) is 4.76. The summed E-state index contributed by atoms with van der Waals surface area (Å²) in [6.07, 6.45) is 3.56. The van der Waals surface area contributed by atoms with Gasteiger partial charge < -0.3 is 19.5 Å². The number of H-pyrrole nitrogens is 1. The number of hydrogen-bond acceptors (Lipinski definition) is 5. The Kier molecular flexibility index (Phi) is 7.11. The molecule has 3 heterocycles. The summed E-state index contributed by atoms with van der Waals surface area (Å²) in [6.45, 7) is 2.46. The van der Waals surface area contributed by atoms with Gasteiger partial charge in [-0.3, -0.25) is 14.5 Å². The number of nitrogens with one attached hydrogen (secondary N) is 1. The number of piperazine rings is 1. The number of hydrogen-bond donors (Lipinski definition) is 1. The molecule has 5 rings (SSSR count). The number of carbonyl (C=O) groups excluding carboxylic acids is 2. The molecule has 0 saturated carbocycles. The molecule has 1 aliphatic rings. The first kappa shape index (κ1) is 25.4. The van der Waals surface area contributed by atoms with Crippen molar-refractivity contribution in [1.82, 2.24) is 24.7 Å². The van der Waals surface area contributed by atoms with E-state index in [0.29, 0.717) is 49.5 Å². The van der Waals surface area contributed by atoms with Crippen LogP contribution in [0.2, 0.25) is 0 Å². The molecular weight excluding hydrogens is 485 g/mol. The van der Waals surface area contributed by atoms with Gasteiger partial charge in [-0.05, 0) is 35.9 Å². The Morgan fingerprint density at radius 3 is 2.53 bits per heavy atom. The van der Waals surface area contributed by atoms with Gasteiger partial charge >= 0.3 is 0 Å². The minimum absolute atomic E-state index is 0.0291. The number of aromatic amines is 1. The van der Waals surface area contributed by atoms with Gasteiger partial charge in [0.2, 0.25) is 5.91 Å². The number of halogens is 1. The quantitative estimate of drug-likeness (QED) is 0.421. The molecule has 4 aromatic rings. The lowest BCUT2D eigenvalue weighted by Gasteiger charge is -2.34. The Morgan fingerprint density at radius 1 is 1.03 bits per heavy atom. The zero-order valence-electron chi connectivity index (χ0n) is 21.7. The fraction of sp³-hybridized carbons (Fsp3) is 0.276. The van der Waals surface area contributed by atoms with Crippen molar-refractivity contribution in [2.24, 2.45) is 0 Å². The highest BCUT2D eigenvalue weighted by atomic mass is 19.1. The SMILES string of the molecule is COc1ccccc1-c1c[nH]c2ncc(-c3cc(F)cc(C(=O)N4CCN(CC(=O)N(C)C)CC4)c3)cc12. The normalized spacial score (nSPS) is 14.1. The summed E-state index contributed by atoms with van der Waals surface area (Å²) in [4.78, 5) is 38.3. The van der Waals surface area contributed by atoms with E-state index >= 15 is 0 Å². The van der Waals surface area contributed by atoms with E-state index in [-0.39, 0.29) is 17.4 Å². The molecule has 0 aliphatic carbocycles. The second-order valence-corrected chi connectivity index (χ2v) is 9.61. The van der Waals surface area contributed by atoms with Gasteiger partial charge in [0.25, 0.3) is 5.91 Å². The van der Waals surface area contributed by atoms with E-state index in [9.17, 15) is 14.0 Å². The highest BCUT2D eigenvalue weighted by molar-refractivity contribution is 5.98. The predicted molar refractivity (Wildman–Crippen MR) is 145 cm³/mol. The number of carbonyl (C=O) groups is 2. The van der Waals surface area contributed by atoms with Crippen molar-refractivity contribution in [2.75, 3.05) is 53.9 Å². The highest BCUT2D eigenvalue weighted by Crippen LogP contribution is 2.36. The Labute approximate surface area is 220 Å². The van der Waals surface area contributed by atoms with Crippen LogP contribution in [0, 0.1) is 5.82 Å². The van der Waals surface area contributed by atoms with Crippen molar-refractivity contribution >= 4 is 22.8 Å². The second-order valence-electron chi connectivity index (χ2n) is 9.61. The van der Waals surface area contributed by atoms with Crippen molar-refractivity contribution in [3.05, 3.63) is 72.3 Å². The third kappa shape index (κ3) is 5.10. The lowest BCUT2D eigenvalue weighted by molar-refractivity contribution is -0.130. The molecular formula is C29H30FN5O3. The van der Waals surface area contributed by atoms with Crippen molar-refractivity contribution < 1.29 is 18.7 Å². The van der Waals surface area contributed by atoms with Crippen molar-refractivity contribution in [3.8, 4) is 28.0 Å². The number of ether oxygens (including phenoxy) is 1. The van der Waals surface area contributed by atoms with E-state index in [1.165, 1.54) is 12.1 Å². The van der Waals surface area contributed by atoms with Crippen LogP contribution in [0.15, 0.2) is 60.9 Å². The largest absolute Gasteiger partial charge is 0.496 e. The van der Waals surface area contributed by atoms with Crippen LogP contribution in [0.25, 0.3) is 33.3 Å². The van der Waals surface area contributed by atoms with E-state index in [4.69, 9.17) is 4.74 Å². The summed E-state index contributed by atoms with van der Waals surface area (Å²) in [5, 5.41) is 0.868. The van der Waals surface area contributed by atoms with Crippen LogP contribution >= 0.6 is 0 Å². The molecule has 9 heteroatoms. The smallest absolute Gasteiger partial charge is 0.254 e. The molecule has 0 spiro atoms. The molecule has 1 N–H and O–H groups in total. The van der Waals surface area contributed by atoms with Crippen molar-refractivity contribution in [1.29, 1.82) is 0 Å². The van der Waals surface area contributed by atoms with E-state index in [1.807, 2.05) is 41.4 Å². The highest BCUT2D eigenvalue weighted by Gasteiger charge is 2.24. The molecule has 0 radical (unpaired) electrons. The minimum atomic E-state index is -0.486. The van der Waals surface area contributed by atoms with E-state index in [1.54, 1.807) is 43.3 Å². The molecule has 1 saturated heterocycles. The van der Waals surface area contributed by atoms with Crippen LogP contribution in [-0.4, -0.2) is 90.4 Å². The summed E-state index contributed by atoms with van der Waals surface area (Å²) < 4.78 is 20.3. The van der Waals surface area contributed by atoms with Crippen LogP contribution in [-0.2, 0) is 4.79 Å². The molecule has 0 bridgehead atoms. The molecule has 0 atom stereocenters. The molecule has 38 heavy (non-hydrogen) atoms. The molecule has 196 valence electrons. The summed E-state index contributed by atoms with van der Waals surface area (Å²) in [5.41, 5.74) is 4.11. The van der Waals surface area contributed by atoms with Gasteiger partial charge in [-0.2, -0.15) is 0 Å². The van der Waals surface area contributed by atoms with Crippen molar-refractivity contribution in [3.63, 3.8) is 0 Å². The number of para-hydroxylation sites is 1. The number of amides is 2. The van der Waals surface area contributed by atoms with Gasteiger partial charge in [-0.25, -0.2) is 9.37 Å². The summed E-state index contributed by atoms with van der Waals surface area (Å²) in [6, 6.07) is 14.1. The molecule has 2 aromatic heterocycles. The lowest BCUT2D eigenvalue weighted by Crippen LogP contribution is -2.51. The van der Waals surface area contributed by atoms with Crippen molar-refractivity contribution in [2.45, 2.75) is 0 Å². The number of methoxy groups -OCH3 is 1. The summed E-state index contributed by atoms with van der Waals surface area (Å²) in [5.74, 6) is 0.0555. The number of rotatable bonds is 6. The fourth-order valence-electron chi connectivity index (χ4n) is 4.76. The standard InChI is InChI=1S/C29H30FN5O3/c1-33(2)27(36)18-34-8-10-35(11-9-34)29(37)20-12-19(13-22(30)14-20)21-15-24-25(17-32-28(24)31-16-21)23-6-4-5-7-26(23)38-3/h4-7,12-17H,8-11,18H2,1-3H3,(H,31,32). The number of pyridine rings is 1. The molecule has 2 aromatic carbocycles. The predicted octanol–water partition coefficient (Wildman–Crippen LogP) is 3.89. The second kappa shape index (κ2) is 10.6. The maximum absolute atomic E-state index is 14.8. The topological polar surface area (TPSA) is 81.8 Å². The number of fused-ring (bicyclic) bond motifs is 1. The Hall–Kier alpha value is -4.24. The first-order chi connectivity index (χ1) is 18.3. The number of aromatic nitrogens is 2. The molecule has 1 fully saturated rings. The maximum Gasteiger partial charge on any atom is 0.254 e. The third-order valence-electron chi connectivity index (χ3n) is 6.92. The Bertz CT molecular complexity index is 1490. The zero-order chi connectivity index (χ0) is 26.8. The van der Waals surface area contributed by atoms with Gasteiger partial charge in [0.15, 0.2) is 0 Å². The number of nitrogens with zero attached hydrogens (tertiary/aromatic N) is 4. The molecule has 1 aliphatic heterocycles. The zero-order valence-corrected chi connectivity index (χ0v) is 21.7. The monoisotopic (exact) mass is 515 g/mol. The number of likely N-dealkylation sites (N-methyl/N-ethyl adjacent to an activating group) is 1. The summed E-state index contributed by atoms with van der Waals surface area (Å²) in [7, 11) is 5.09. The molecule has 2 amide bonds. The third-order valence-corrected chi connectivity index (χ3v) is 6.92. The molecule has 8 nitrogen and oxygen atoms in total. The number of benzene rings is 2. The maximum atomic E-state index is 14.8. The van der Waals surface area contributed by atoms with E-state index in [0.717, 1.165) is 22.3 Å². The average molecular weight is 516 g/mol. The van der Waals surface area contributed by atoms with Crippen LogP contribution in [0.5, 0.6) is 5.75 Å². The van der Waals surface area contributed by atoms with Gasteiger partial charge in [-0.1, -0.05) is 18.2 Å². The first-order valence-corrected chi connectivity index (χ1v) is 12.5. The first-order valence-electron chi connectivity index (χ1n) is 12.5. The van der Waals surface area contributed by atoms with Crippen LogP contribution in [0.1, 0.15) is 10.4 Å². The van der Waals surface area contributed by atoms with E-state index < -0.39 is 5.82 Å². The van der Waals surface area contributed by atoms with E-state index in [2.05, 4.69) is 9.97 Å². The molecule has 0 unspecified atom stereocenters. The minimum Gasteiger partial charge on any atom is -0.496 e. The van der Waals surface area contributed by atoms with Gasteiger partial charge in [0.05, 0.1) is 13.7 Å². The average Bonchev–Trinajstić information content (AvgIpc) is 3.35. The van der Waals surface area contributed by atoms with Gasteiger partial charge in [-0.15, -0.1) is 0 Å². The van der Waals surface area contributed by atoms with Gasteiger partial charge in [0.1, 0.15) is 17.2 Å².